The average molecular weight is 451 g/mol. The molecule has 1 atom stereocenters. The summed E-state index contributed by atoms with van der Waals surface area (Å²) in [6.07, 6.45) is 1.64. The van der Waals surface area contributed by atoms with Crippen LogP contribution < -0.4 is 9.47 Å². The molecule has 32 heavy (non-hydrogen) atoms. The number of carbonyl (C=O) groups is 2. The van der Waals surface area contributed by atoms with E-state index in [0.717, 1.165) is 10.4 Å². The van der Waals surface area contributed by atoms with E-state index in [4.69, 9.17) is 9.47 Å². The van der Waals surface area contributed by atoms with Gasteiger partial charge in [0.2, 0.25) is 0 Å². The van der Waals surface area contributed by atoms with Gasteiger partial charge in [0.05, 0.1) is 37.6 Å². The van der Waals surface area contributed by atoms with Gasteiger partial charge in [-0.25, -0.2) is 0 Å². The third-order valence-corrected chi connectivity index (χ3v) is 6.48. The Bertz CT molecular complexity index is 1200. The second-order valence-electron chi connectivity index (χ2n) is 7.28. The maximum absolute atomic E-state index is 13.2. The highest BCUT2D eigenvalue weighted by atomic mass is 32.1. The molecular weight excluding hydrogens is 428 g/mol. The summed E-state index contributed by atoms with van der Waals surface area (Å²) >= 11 is 1.43. The summed E-state index contributed by atoms with van der Waals surface area (Å²) in [7, 11) is 2.99. The van der Waals surface area contributed by atoms with E-state index in [2.05, 4.69) is 4.98 Å². The van der Waals surface area contributed by atoms with Crippen LogP contribution in [-0.4, -0.2) is 40.9 Å². The van der Waals surface area contributed by atoms with E-state index in [-0.39, 0.29) is 17.9 Å². The molecule has 0 spiro atoms. The molecule has 1 saturated heterocycles. The van der Waals surface area contributed by atoms with Crippen LogP contribution >= 0.6 is 11.3 Å². The molecule has 1 N–H and O–H groups in total. The first-order valence-electron chi connectivity index (χ1n) is 9.91. The summed E-state index contributed by atoms with van der Waals surface area (Å²) in [6, 6.07) is 11.5. The Morgan fingerprint density at radius 1 is 1.16 bits per heavy atom. The smallest absolute Gasteiger partial charge is 0.296 e. The van der Waals surface area contributed by atoms with Gasteiger partial charge in [-0.05, 0) is 48.2 Å². The minimum absolute atomic E-state index is 0.0277. The summed E-state index contributed by atoms with van der Waals surface area (Å²) in [4.78, 5) is 32.8. The lowest BCUT2D eigenvalue weighted by Gasteiger charge is -2.24. The van der Waals surface area contributed by atoms with Crippen LogP contribution in [0.4, 0.5) is 0 Å². The number of rotatable bonds is 6. The molecule has 0 saturated carbocycles. The molecule has 3 heterocycles. The third kappa shape index (κ3) is 3.73. The highest BCUT2D eigenvalue weighted by Gasteiger charge is 2.47. The van der Waals surface area contributed by atoms with E-state index in [1.165, 1.54) is 30.5 Å². The third-order valence-electron chi connectivity index (χ3n) is 5.41. The number of thiophene rings is 1. The Morgan fingerprint density at radius 2 is 1.97 bits per heavy atom. The van der Waals surface area contributed by atoms with Crippen LogP contribution in [0.15, 0.2) is 59.6 Å². The summed E-state index contributed by atoms with van der Waals surface area (Å²) < 4.78 is 10.6. The van der Waals surface area contributed by atoms with Gasteiger partial charge in [-0.1, -0.05) is 6.07 Å². The van der Waals surface area contributed by atoms with Crippen molar-refractivity contribution in [1.82, 2.24) is 9.88 Å². The predicted molar refractivity (Wildman–Crippen MR) is 121 cm³/mol. The number of aliphatic hydroxyl groups is 1. The van der Waals surface area contributed by atoms with Crippen LogP contribution in [0.3, 0.4) is 0 Å². The number of hydrogen-bond acceptors (Lipinski definition) is 7. The number of aliphatic hydroxyl groups excluding tert-OH is 1. The molecule has 2 aromatic heterocycles. The van der Waals surface area contributed by atoms with Crippen molar-refractivity contribution < 1.29 is 24.2 Å². The van der Waals surface area contributed by atoms with Crippen LogP contribution in [0.1, 0.15) is 27.7 Å². The molecular formula is C24H22N2O5S. The molecule has 3 aromatic rings. The van der Waals surface area contributed by atoms with Crippen LogP contribution in [0, 0.1) is 6.92 Å². The molecule has 1 aliphatic heterocycles. The SMILES string of the molecule is COc1ccc(/C(O)=C2\C(=O)C(=O)N(Cc3ccccn3)C2c2sccc2C)c(OC)c1. The number of nitrogens with zero attached hydrogens (tertiary/aromatic N) is 2. The Morgan fingerprint density at radius 3 is 2.59 bits per heavy atom. The molecule has 4 rings (SSSR count). The fourth-order valence-electron chi connectivity index (χ4n) is 3.79. The number of ether oxygens (including phenoxy) is 2. The van der Waals surface area contributed by atoms with Crippen molar-refractivity contribution in [1.29, 1.82) is 0 Å². The van der Waals surface area contributed by atoms with Gasteiger partial charge < -0.3 is 19.5 Å². The number of aromatic nitrogens is 1. The fourth-order valence-corrected chi connectivity index (χ4v) is 4.83. The van der Waals surface area contributed by atoms with E-state index >= 15 is 0 Å². The molecule has 1 fully saturated rings. The van der Waals surface area contributed by atoms with Crippen LogP contribution in [0.25, 0.3) is 5.76 Å². The average Bonchev–Trinajstić information content (AvgIpc) is 3.34. The zero-order valence-corrected chi connectivity index (χ0v) is 18.7. The molecule has 1 aliphatic rings. The van der Waals surface area contributed by atoms with Gasteiger partial charge in [0.15, 0.2) is 0 Å². The number of hydrogen-bond donors (Lipinski definition) is 1. The van der Waals surface area contributed by atoms with Crippen molar-refractivity contribution in [3.8, 4) is 11.5 Å². The minimum atomic E-state index is -0.742. The summed E-state index contributed by atoms with van der Waals surface area (Å²) in [5.41, 5.74) is 1.92. The summed E-state index contributed by atoms with van der Waals surface area (Å²) in [5.74, 6) is -0.833. The maximum Gasteiger partial charge on any atom is 0.296 e. The quantitative estimate of drug-likeness (QED) is 0.346. The first kappa shape index (κ1) is 21.6. The summed E-state index contributed by atoms with van der Waals surface area (Å²) in [6.45, 7) is 2.06. The van der Waals surface area contributed by atoms with Gasteiger partial charge in [-0.2, -0.15) is 0 Å². The lowest BCUT2D eigenvalue weighted by molar-refractivity contribution is -0.140. The molecule has 7 nitrogen and oxygen atoms in total. The number of likely N-dealkylation sites (tertiary alicyclic amines) is 1. The van der Waals surface area contributed by atoms with Gasteiger partial charge >= 0.3 is 0 Å². The van der Waals surface area contributed by atoms with Gasteiger partial charge in [0.1, 0.15) is 23.3 Å². The Labute approximate surface area is 189 Å². The second-order valence-corrected chi connectivity index (χ2v) is 8.23. The Hall–Kier alpha value is -3.65. The number of amides is 1. The number of carbonyl (C=O) groups excluding carboxylic acids is 2. The number of methoxy groups -OCH3 is 2. The van der Waals surface area contributed by atoms with Crippen molar-refractivity contribution >= 4 is 28.8 Å². The predicted octanol–water partition coefficient (Wildman–Crippen LogP) is 4.09. The minimum Gasteiger partial charge on any atom is -0.507 e. The van der Waals surface area contributed by atoms with Crippen molar-refractivity contribution in [3.05, 3.63) is 81.3 Å². The number of benzene rings is 1. The van der Waals surface area contributed by atoms with Crippen LogP contribution in [0.2, 0.25) is 0 Å². The van der Waals surface area contributed by atoms with Crippen molar-refractivity contribution in [3.63, 3.8) is 0 Å². The van der Waals surface area contributed by atoms with E-state index in [1.54, 1.807) is 36.5 Å². The lowest BCUT2D eigenvalue weighted by atomic mass is 9.98. The second kappa shape index (κ2) is 8.84. The van der Waals surface area contributed by atoms with Gasteiger partial charge in [0.25, 0.3) is 11.7 Å². The highest BCUT2D eigenvalue weighted by Crippen LogP contribution is 2.44. The standard InChI is InChI=1S/C24H22N2O5S/c1-14-9-11-32-23(14)20-19(21(27)17-8-7-16(30-2)12-18(17)31-3)22(28)24(29)26(20)13-15-6-4-5-10-25-15/h4-12,20,27H,13H2,1-3H3/b21-19+. The van der Waals surface area contributed by atoms with Crippen molar-refractivity contribution in [2.75, 3.05) is 14.2 Å². The molecule has 1 unspecified atom stereocenters. The monoisotopic (exact) mass is 450 g/mol. The van der Waals surface area contributed by atoms with Crippen LogP contribution in [0.5, 0.6) is 11.5 Å². The van der Waals surface area contributed by atoms with Gasteiger partial charge in [-0.3, -0.25) is 14.6 Å². The van der Waals surface area contributed by atoms with Gasteiger partial charge in [-0.15, -0.1) is 11.3 Å². The number of pyridine rings is 1. The zero-order chi connectivity index (χ0) is 22.8. The Balaban J connectivity index is 1.89. The maximum atomic E-state index is 13.2. The largest absolute Gasteiger partial charge is 0.507 e. The first-order chi connectivity index (χ1) is 15.5. The molecule has 164 valence electrons. The topological polar surface area (TPSA) is 89.0 Å². The van der Waals surface area contributed by atoms with Crippen LogP contribution in [-0.2, 0) is 16.1 Å². The zero-order valence-electron chi connectivity index (χ0n) is 17.9. The molecule has 1 amide bonds. The lowest BCUT2D eigenvalue weighted by Crippen LogP contribution is -2.29. The Kier molecular flexibility index (Phi) is 5.96. The number of aryl methyl sites for hydroxylation is 1. The molecule has 1 aromatic carbocycles. The molecule has 0 radical (unpaired) electrons. The molecule has 8 heteroatoms. The van der Waals surface area contributed by atoms with Gasteiger partial charge in [0, 0.05) is 17.1 Å². The van der Waals surface area contributed by atoms with E-state index in [1.807, 2.05) is 24.4 Å². The van der Waals surface area contributed by atoms with E-state index in [9.17, 15) is 14.7 Å². The van der Waals surface area contributed by atoms with Crippen molar-refractivity contribution in [2.24, 2.45) is 0 Å². The summed E-state index contributed by atoms with van der Waals surface area (Å²) in [5, 5.41) is 13.2. The van der Waals surface area contributed by atoms with Crippen molar-refractivity contribution in [2.45, 2.75) is 19.5 Å². The highest BCUT2D eigenvalue weighted by molar-refractivity contribution is 7.10. The number of ketones is 1. The fraction of sp³-hybridized carbons (Fsp3) is 0.208. The number of Topliss-reactive ketones (excluding diaryl/α,β-unsaturated/α-hetero) is 1. The first-order valence-corrected chi connectivity index (χ1v) is 10.8. The normalized spacial score (nSPS) is 17.6. The van der Waals surface area contributed by atoms with E-state index in [0.29, 0.717) is 22.8 Å². The van der Waals surface area contributed by atoms with E-state index < -0.39 is 17.7 Å². The molecule has 0 bridgehead atoms. The molecule has 0 aliphatic carbocycles.